The molecule has 0 aliphatic carbocycles. The third-order valence-corrected chi connectivity index (χ3v) is 3.61. The van der Waals surface area contributed by atoms with Gasteiger partial charge in [0.05, 0.1) is 18.9 Å². The van der Waals surface area contributed by atoms with Gasteiger partial charge in [-0.2, -0.15) is 0 Å². The second-order valence-electron chi connectivity index (χ2n) is 4.86. The molecule has 1 N–H and O–H groups in total. The van der Waals surface area contributed by atoms with Gasteiger partial charge in [0.15, 0.2) is 0 Å². The Kier molecular flexibility index (Phi) is 5.39. The molecule has 2 aromatic rings. The van der Waals surface area contributed by atoms with Crippen molar-refractivity contribution < 1.29 is 9.15 Å². The van der Waals surface area contributed by atoms with Crippen molar-refractivity contribution in [1.82, 2.24) is 5.32 Å². The fourth-order valence-electron chi connectivity index (χ4n) is 2.49. The van der Waals surface area contributed by atoms with Crippen LogP contribution in [0.1, 0.15) is 35.4 Å². The maximum atomic E-state index is 5.54. The molecule has 0 radical (unpaired) electrons. The smallest absolute Gasteiger partial charge is 0.108 e. The highest BCUT2D eigenvalue weighted by Crippen LogP contribution is 2.26. The largest absolute Gasteiger partial charge is 0.469 e. The molecule has 0 aliphatic rings. The molecule has 0 fully saturated rings. The van der Waals surface area contributed by atoms with Crippen molar-refractivity contribution in [3.8, 4) is 0 Å². The third kappa shape index (κ3) is 3.30. The van der Waals surface area contributed by atoms with Gasteiger partial charge in [0, 0.05) is 19.1 Å². The molecule has 2 rings (SSSR count). The van der Waals surface area contributed by atoms with Crippen molar-refractivity contribution in [1.29, 1.82) is 0 Å². The predicted molar refractivity (Wildman–Crippen MR) is 81.0 cm³/mol. The van der Waals surface area contributed by atoms with E-state index in [1.165, 1.54) is 16.7 Å². The van der Waals surface area contributed by atoms with Crippen LogP contribution < -0.4 is 5.32 Å². The maximum Gasteiger partial charge on any atom is 0.108 e. The summed E-state index contributed by atoms with van der Waals surface area (Å²) in [6.45, 7) is 2.87. The van der Waals surface area contributed by atoms with E-state index < -0.39 is 0 Å². The van der Waals surface area contributed by atoms with Crippen LogP contribution in [0, 0.1) is 0 Å². The van der Waals surface area contributed by atoms with Crippen LogP contribution in [0.5, 0.6) is 0 Å². The van der Waals surface area contributed by atoms with E-state index in [0.29, 0.717) is 0 Å². The maximum absolute atomic E-state index is 5.54. The van der Waals surface area contributed by atoms with Crippen molar-refractivity contribution in [3.63, 3.8) is 0 Å². The Morgan fingerprint density at radius 3 is 2.55 bits per heavy atom. The lowest BCUT2D eigenvalue weighted by atomic mass is 9.97. The Bertz CT molecular complexity index is 516. The minimum Gasteiger partial charge on any atom is -0.469 e. The molecule has 3 nitrogen and oxygen atoms in total. The van der Waals surface area contributed by atoms with Gasteiger partial charge in [0.1, 0.15) is 5.76 Å². The lowest BCUT2D eigenvalue weighted by molar-refractivity contribution is 0.202. The summed E-state index contributed by atoms with van der Waals surface area (Å²) >= 11 is 0. The number of hydrogen-bond donors (Lipinski definition) is 1. The van der Waals surface area contributed by atoms with Gasteiger partial charge in [-0.15, -0.1) is 0 Å². The molecular weight excluding hydrogens is 250 g/mol. The van der Waals surface area contributed by atoms with Crippen molar-refractivity contribution in [2.45, 2.75) is 25.8 Å². The molecule has 1 unspecified atom stereocenters. The van der Waals surface area contributed by atoms with Crippen LogP contribution in [0.3, 0.4) is 0 Å². The van der Waals surface area contributed by atoms with E-state index in [0.717, 1.165) is 25.2 Å². The zero-order chi connectivity index (χ0) is 14.4. The van der Waals surface area contributed by atoms with Crippen LogP contribution in [0.2, 0.25) is 0 Å². The normalized spacial score (nSPS) is 12.6. The summed E-state index contributed by atoms with van der Waals surface area (Å²) in [6.07, 6.45) is 3.63. The summed E-state index contributed by atoms with van der Waals surface area (Å²) < 4.78 is 10.6. The van der Waals surface area contributed by atoms with Crippen LogP contribution in [0.15, 0.2) is 41.0 Å². The van der Waals surface area contributed by atoms with Gasteiger partial charge in [0.2, 0.25) is 0 Å². The second kappa shape index (κ2) is 7.27. The molecule has 3 heteroatoms. The van der Waals surface area contributed by atoms with E-state index in [1.807, 2.05) is 7.05 Å². The first-order valence-electron chi connectivity index (χ1n) is 7.11. The molecule has 0 aliphatic heterocycles. The fraction of sp³-hybridized carbons (Fsp3) is 0.412. The monoisotopic (exact) mass is 273 g/mol. The van der Waals surface area contributed by atoms with Gasteiger partial charge in [-0.1, -0.05) is 31.2 Å². The summed E-state index contributed by atoms with van der Waals surface area (Å²) in [7, 11) is 3.71. The standard InChI is InChI=1S/C17H23NO2/c1-4-16-15(10-12-20-16)17(18-2)14-7-5-13(6-8-14)9-11-19-3/h5-8,10,12,17-18H,4,9,11H2,1-3H3. The predicted octanol–water partition coefficient (Wildman–Crippen LogP) is 3.34. The summed E-state index contributed by atoms with van der Waals surface area (Å²) in [6, 6.07) is 10.9. The number of aryl methyl sites for hydroxylation is 1. The van der Waals surface area contributed by atoms with Crippen molar-refractivity contribution in [3.05, 3.63) is 59.0 Å². The second-order valence-corrected chi connectivity index (χ2v) is 4.86. The Morgan fingerprint density at radius 2 is 1.95 bits per heavy atom. The van der Waals surface area contributed by atoms with Crippen LogP contribution in [0.4, 0.5) is 0 Å². The summed E-state index contributed by atoms with van der Waals surface area (Å²) in [5.41, 5.74) is 3.78. The highest BCUT2D eigenvalue weighted by atomic mass is 16.5. The summed E-state index contributed by atoms with van der Waals surface area (Å²) in [5, 5.41) is 3.37. The molecule has 0 spiro atoms. The van der Waals surface area contributed by atoms with Gasteiger partial charge >= 0.3 is 0 Å². The first-order valence-corrected chi connectivity index (χ1v) is 7.11. The van der Waals surface area contributed by atoms with E-state index in [9.17, 15) is 0 Å². The average Bonchev–Trinajstić information content (AvgIpc) is 2.95. The van der Waals surface area contributed by atoms with E-state index in [1.54, 1.807) is 13.4 Å². The van der Waals surface area contributed by atoms with Gasteiger partial charge in [-0.3, -0.25) is 0 Å². The Morgan fingerprint density at radius 1 is 1.20 bits per heavy atom. The zero-order valence-corrected chi connectivity index (χ0v) is 12.5. The fourth-order valence-corrected chi connectivity index (χ4v) is 2.49. The van der Waals surface area contributed by atoms with Crippen molar-refractivity contribution in [2.24, 2.45) is 0 Å². The van der Waals surface area contributed by atoms with E-state index in [-0.39, 0.29) is 6.04 Å². The van der Waals surface area contributed by atoms with Gasteiger partial charge in [0.25, 0.3) is 0 Å². The van der Waals surface area contributed by atoms with Crippen LogP contribution >= 0.6 is 0 Å². The van der Waals surface area contributed by atoms with E-state index in [4.69, 9.17) is 9.15 Å². The number of ether oxygens (including phenoxy) is 1. The molecule has 0 saturated heterocycles. The lowest BCUT2D eigenvalue weighted by Gasteiger charge is -2.17. The number of furan rings is 1. The highest BCUT2D eigenvalue weighted by molar-refractivity contribution is 5.35. The summed E-state index contributed by atoms with van der Waals surface area (Å²) in [4.78, 5) is 0. The molecule has 1 heterocycles. The topological polar surface area (TPSA) is 34.4 Å². The Balaban J connectivity index is 2.19. The lowest BCUT2D eigenvalue weighted by Crippen LogP contribution is -2.18. The minimum atomic E-state index is 0.181. The SMILES string of the molecule is CCc1occc1C(NC)c1ccc(CCOC)cc1. The molecule has 1 aromatic carbocycles. The third-order valence-electron chi connectivity index (χ3n) is 3.61. The van der Waals surface area contributed by atoms with E-state index in [2.05, 4.69) is 42.6 Å². The van der Waals surface area contributed by atoms with Crippen LogP contribution in [-0.2, 0) is 17.6 Å². The summed E-state index contributed by atoms with van der Waals surface area (Å²) in [5.74, 6) is 1.05. The molecule has 0 bridgehead atoms. The molecule has 0 saturated carbocycles. The van der Waals surface area contributed by atoms with Crippen molar-refractivity contribution in [2.75, 3.05) is 20.8 Å². The minimum absolute atomic E-state index is 0.181. The van der Waals surface area contributed by atoms with Gasteiger partial charge in [-0.05, 0) is 30.7 Å². The molecule has 20 heavy (non-hydrogen) atoms. The quantitative estimate of drug-likeness (QED) is 0.840. The molecule has 1 atom stereocenters. The van der Waals surface area contributed by atoms with E-state index >= 15 is 0 Å². The zero-order valence-electron chi connectivity index (χ0n) is 12.5. The van der Waals surface area contributed by atoms with Crippen LogP contribution in [-0.4, -0.2) is 20.8 Å². The number of nitrogens with one attached hydrogen (secondary N) is 1. The molecule has 1 aromatic heterocycles. The number of rotatable bonds is 7. The van der Waals surface area contributed by atoms with Gasteiger partial charge in [-0.25, -0.2) is 0 Å². The molecule has 108 valence electrons. The number of methoxy groups -OCH3 is 1. The first-order chi connectivity index (χ1) is 9.80. The Labute approximate surface area is 121 Å². The first kappa shape index (κ1) is 14.8. The average molecular weight is 273 g/mol. The highest BCUT2D eigenvalue weighted by Gasteiger charge is 2.17. The molecule has 0 amide bonds. The Hall–Kier alpha value is -1.58. The van der Waals surface area contributed by atoms with Gasteiger partial charge < -0.3 is 14.5 Å². The molecular formula is C17H23NO2. The number of hydrogen-bond acceptors (Lipinski definition) is 3. The van der Waals surface area contributed by atoms with Crippen molar-refractivity contribution >= 4 is 0 Å². The van der Waals surface area contributed by atoms with Crippen LogP contribution in [0.25, 0.3) is 0 Å². The number of benzene rings is 1.